The van der Waals surface area contributed by atoms with Gasteiger partial charge in [-0.2, -0.15) is 0 Å². The minimum Gasteiger partial charge on any atom is -0.393 e. The van der Waals surface area contributed by atoms with Gasteiger partial charge in [-0.3, -0.25) is 0 Å². The second-order valence-corrected chi connectivity index (χ2v) is 4.34. The summed E-state index contributed by atoms with van der Waals surface area (Å²) in [6.07, 6.45) is 2.09. The van der Waals surface area contributed by atoms with Gasteiger partial charge in [0, 0.05) is 0 Å². The average molecular weight is 188 g/mol. The van der Waals surface area contributed by atoms with Crippen molar-refractivity contribution in [2.45, 2.75) is 59.2 Å². The smallest absolute Gasteiger partial charge is 0.0563 e. The van der Waals surface area contributed by atoms with Crippen LogP contribution in [0.4, 0.5) is 0 Å². The summed E-state index contributed by atoms with van der Waals surface area (Å²) in [5.74, 6) is 0.629. The molecule has 0 aliphatic rings. The second kappa shape index (κ2) is 6.39. The fraction of sp³-hybridized carbons (Fsp3) is 1.00. The van der Waals surface area contributed by atoms with Crippen LogP contribution in [-0.4, -0.2) is 22.4 Å². The van der Waals surface area contributed by atoms with Gasteiger partial charge in [-0.05, 0) is 31.1 Å². The molecule has 0 saturated heterocycles. The molecule has 13 heavy (non-hydrogen) atoms. The summed E-state index contributed by atoms with van der Waals surface area (Å²) in [6.45, 7) is 8.07. The van der Waals surface area contributed by atoms with Crippen molar-refractivity contribution in [3.8, 4) is 0 Å². The van der Waals surface area contributed by atoms with E-state index in [1.807, 2.05) is 27.7 Å². The van der Waals surface area contributed by atoms with E-state index in [1.165, 1.54) is 0 Å². The predicted molar refractivity (Wildman–Crippen MR) is 55.5 cm³/mol. The second-order valence-electron chi connectivity index (χ2n) is 4.34. The molecule has 0 fully saturated rings. The van der Waals surface area contributed by atoms with Crippen molar-refractivity contribution in [3.05, 3.63) is 0 Å². The van der Waals surface area contributed by atoms with Gasteiger partial charge in [0.25, 0.3) is 0 Å². The lowest BCUT2D eigenvalue weighted by atomic mass is 9.93. The maximum atomic E-state index is 9.55. The van der Waals surface area contributed by atoms with Crippen molar-refractivity contribution in [1.82, 2.24) is 0 Å². The van der Waals surface area contributed by atoms with Gasteiger partial charge < -0.3 is 10.2 Å². The predicted octanol–water partition coefficient (Wildman–Crippen LogP) is 2.19. The quantitative estimate of drug-likeness (QED) is 0.671. The molecule has 2 heteroatoms. The van der Waals surface area contributed by atoms with Crippen LogP contribution in [0.1, 0.15) is 47.0 Å². The van der Waals surface area contributed by atoms with Gasteiger partial charge in [-0.25, -0.2) is 0 Å². The van der Waals surface area contributed by atoms with E-state index in [4.69, 9.17) is 0 Å². The Balaban J connectivity index is 3.63. The van der Waals surface area contributed by atoms with Crippen LogP contribution in [0.25, 0.3) is 0 Å². The number of rotatable bonds is 6. The highest BCUT2D eigenvalue weighted by atomic mass is 16.3. The molecule has 3 unspecified atom stereocenters. The summed E-state index contributed by atoms with van der Waals surface area (Å²) in [6, 6.07) is 0. The lowest BCUT2D eigenvalue weighted by molar-refractivity contribution is 0.0757. The van der Waals surface area contributed by atoms with Gasteiger partial charge >= 0.3 is 0 Å². The summed E-state index contributed by atoms with van der Waals surface area (Å²) in [5, 5.41) is 19.0. The van der Waals surface area contributed by atoms with Crippen LogP contribution in [0.3, 0.4) is 0 Å². The molecule has 2 N–H and O–H groups in total. The van der Waals surface area contributed by atoms with Crippen LogP contribution < -0.4 is 0 Å². The molecule has 0 amide bonds. The van der Waals surface area contributed by atoms with E-state index in [9.17, 15) is 10.2 Å². The van der Waals surface area contributed by atoms with E-state index >= 15 is 0 Å². The van der Waals surface area contributed by atoms with Gasteiger partial charge in [0.15, 0.2) is 0 Å². The first-order valence-corrected chi connectivity index (χ1v) is 5.35. The fourth-order valence-electron chi connectivity index (χ4n) is 1.36. The number of hydrogen-bond acceptors (Lipinski definition) is 2. The molecular weight excluding hydrogens is 164 g/mol. The zero-order chi connectivity index (χ0) is 10.4. The molecule has 80 valence electrons. The Bertz CT molecular complexity index is 123. The van der Waals surface area contributed by atoms with E-state index in [0.29, 0.717) is 11.8 Å². The Morgan fingerprint density at radius 1 is 0.923 bits per heavy atom. The fourth-order valence-corrected chi connectivity index (χ4v) is 1.36. The Labute approximate surface area is 82.0 Å². The summed E-state index contributed by atoms with van der Waals surface area (Å²) in [7, 11) is 0. The molecule has 0 aliphatic heterocycles. The third-order valence-electron chi connectivity index (χ3n) is 2.76. The van der Waals surface area contributed by atoms with Crippen molar-refractivity contribution < 1.29 is 10.2 Å². The largest absolute Gasteiger partial charge is 0.393 e. The van der Waals surface area contributed by atoms with Crippen molar-refractivity contribution >= 4 is 0 Å². The Morgan fingerprint density at radius 2 is 1.46 bits per heavy atom. The molecule has 0 rings (SSSR count). The maximum absolute atomic E-state index is 9.55. The molecule has 0 aliphatic carbocycles. The number of hydrogen-bond donors (Lipinski definition) is 2. The Morgan fingerprint density at radius 3 is 1.85 bits per heavy atom. The highest BCUT2D eigenvalue weighted by Crippen LogP contribution is 2.17. The molecule has 0 aromatic rings. The summed E-state index contributed by atoms with van der Waals surface area (Å²) in [4.78, 5) is 0. The minimum absolute atomic E-state index is 0.209. The lowest BCUT2D eigenvalue weighted by Crippen LogP contribution is -2.21. The van der Waals surface area contributed by atoms with Crippen LogP contribution >= 0.6 is 0 Å². The Kier molecular flexibility index (Phi) is 6.35. The molecule has 0 aromatic carbocycles. The Hall–Kier alpha value is -0.0800. The monoisotopic (exact) mass is 188 g/mol. The topological polar surface area (TPSA) is 40.5 Å². The van der Waals surface area contributed by atoms with Crippen LogP contribution in [0.15, 0.2) is 0 Å². The third kappa shape index (κ3) is 5.27. The molecular formula is C11H24O2. The number of aliphatic hydroxyl groups is 2. The van der Waals surface area contributed by atoms with E-state index < -0.39 is 0 Å². The summed E-state index contributed by atoms with van der Waals surface area (Å²) >= 11 is 0. The lowest BCUT2D eigenvalue weighted by Gasteiger charge is -2.20. The van der Waals surface area contributed by atoms with E-state index in [-0.39, 0.29) is 12.2 Å². The molecule has 0 radical (unpaired) electrons. The van der Waals surface area contributed by atoms with Crippen molar-refractivity contribution in [3.63, 3.8) is 0 Å². The highest BCUT2D eigenvalue weighted by molar-refractivity contribution is 4.67. The van der Waals surface area contributed by atoms with Crippen molar-refractivity contribution in [2.24, 2.45) is 11.8 Å². The summed E-state index contributed by atoms with van der Waals surface area (Å²) in [5.41, 5.74) is 0. The zero-order valence-electron chi connectivity index (χ0n) is 9.33. The molecule has 0 aromatic heterocycles. The van der Waals surface area contributed by atoms with E-state index in [2.05, 4.69) is 0 Å². The molecule has 2 nitrogen and oxygen atoms in total. The first-order valence-electron chi connectivity index (χ1n) is 5.35. The SMILES string of the molecule is CCC(O)C(C)CCC(O)C(C)C. The van der Waals surface area contributed by atoms with Crippen LogP contribution in [0.2, 0.25) is 0 Å². The van der Waals surface area contributed by atoms with Crippen LogP contribution in [-0.2, 0) is 0 Å². The van der Waals surface area contributed by atoms with Gasteiger partial charge in [0.05, 0.1) is 12.2 Å². The normalized spacial score (nSPS) is 18.7. The zero-order valence-corrected chi connectivity index (χ0v) is 9.33. The molecule has 3 atom stereocenters. The summed E-state index contributed by atoms with van der Waals surface area (Å²) < 4.78 is 0. The van der Waals surface area contributed by atoms with Crippen molar-refractivity contribution in [1.29, 1.82) is 0 Å². The van der Waals surface area contributed by atoms with Gasteiger partial charge in [-0.15, -0.1) is 0 Å². The first-order chi connectivity index (χ1) is 5.99. The third-order valence-corrected chi connectivity index (χ3v) is 2.76. The first kappa shape index (κ1) is 12.9. The number of aliphatic hydroxyl groups excluding tert-OH is 2. The molecule has 0 bridgehead atoms. The van der Waals surface area contributed by atoms with Crippen LogP contribution in [0.5, 0.6) is 0 Å². The molecule has 0 spiro atoms. The maximum Gasteiger partial charge on any atom is 0.0563 e. The van der Waals surface area contributed by atoms with Gasteiger partial charge in [0.2, 0.25) is 0 Å². The molecule has 0 heterocycles. The highest BCUT2D eigenvalue weighted by Gasteiger charge is 2.15. The average Bonchev–Trinajstić information content (AvgIpc) is 2.11. The van der Waals surface area contributed by atoms with E-state index in [0.717, 1.165) is 19.3 Å². The minimum atomic E-state index is -0.216. The van der Waals surface area contributed by atoms with Gasteiger partial charge in [0.1, 0.15) is 0 Å². The van der Waals surface area contributed by atoms with Gasteiger partial charge in [-0.1, -0.05) is 27.7 Å². The van der Waals surface area contributed by atoms with Crippen LogP contribution in [0, 0.1) is 11.8 Å². The molecule has 0 saturated carbocycles. The standard InChI is InChI=1S/C11H24O2/c1-5-10(12)9(4)6-7-11(13)8(2)3/h8-13H,5-7H2,1-4H3. The van der Waals surface area contributed by atoms with Crippen molar-refractivity contribution in [2.75, 3.05) is 0 Å². The van der Waals surface area contributed by atoms with E-state index in [1.54, 1.807) is 0 Å².